The van der Waals surface area contributed by atoms with Gasteiger partial charge in [-0.1, -0.05) is 83.8 Å². The molecule has 0 heterocycles. The molecule has 3 amide bonds. The fraction of sp³-hybridized carbons (Fsp3) is 0.667. The van der Waals surface area contributed by atoms with Crippen LogP contribution in [0.5, 0.6) is 0 Å². The fourth-order valence-corrected chi connectivity index (χ4v) is 5.13. The average molecular weight is 554 g/mol. The maximum absolute atomic E-state index is 14.4. The summed E-state index contributed by atoms with van der Waals surface area (Å²) < 4.78 is 5.51. The Morgan fingerprint density at radius 3 is 2.25 bits per heavy atom. The highest BCUT2D eigenvalue weighted by Gasteiger charge is 2.38. The van der Waals surface area contributed by atoms with Crippen LogP contribution in [-0.2, 0) is 14.3 Å². The van der Waals surface area contributed by atoms with Crippen molar-refractivity contribution in [2.24, 2.45) is 5.92 Å². The van der Waals surface area contributed by atoms with E-state index < -0.39 is 23.8 Å². The van der Waals surface area contributed by atoms with Gasteiger partial charge in [0, 0.05) is 18.2 Å². The molecular weight excluding hydrogens is 502 g/mol. The lowest BCUT2D eigenvalue weighted by atomic mass is 9.93. The van der Waals surface area contributed by atoms with Gasteiger partial charge in [-0.3, -0.25) is 9.59 Å². The molecule has 0 saturated heterocycles. The van der Waals surface area contributed by atoms with Gasteiger partial charge in [0.15, 0.2) is 0 Å². The van der Waals surface area contributed by atoms with Gasteiger partial charge >= 0.3 is 6.09 Å². The van der Waals surface area contributed by atoms with E-state index in [1.54, 1.807) is 37.8 Å². The zero-order valence-electron chi connectivity index (χ0n) is 25.6. The molecule has 1 saturated carbocycles. The zero-order valence-corrected chi connectivity index (χ0v) is 25.6. The molecule has 1 aromatic rings. The van der Waals surface area contributed by atoms with Gasteiger partial charge in [-0.2, -0.15) is 0 Å². The number of hydrogen-bond acceptors (Lipinski definition) is 4. The molecule has 1 aliphatic carbocycles. The predicted molar refractivity (Wildman–Crippen MR) is 161 cm³/mol. The third-order valence-electron chi connectivity index (χ3n) is 7.59. The molecule has 222 valence electrons. The van der Waals surface area contributed by atoms with E-state index in [-0.39, 0.29) is 23.8 Å². The third-order valence-corrected chi connectivity index (χ3v) is 7.59. The number of amides is 3. The summed E-state index contributed by atoms with van der Waals surface area (Å²) in [6, 6.07) is 5.72. The maximum atomic E-state index is 14.4. The summed E-state index contributed by atoms with van der Waals surface area (Å²) in [5.41, 5.74) is 0.713. The lowest BCUT2D eigenvalue weighted by Crippen LogP contribution is -2.56. The molecule has 40 heavy (non-hydrogen) atoms. The first-order valence-corrected chi connectivity index (χ1v) is 15.2. The molecule has 1 aromatic carbocycles. The SMILES string of the molecule is C#Cc1ccc(C(C(=O)NC2CCCCC2)N(CCCCCC)C(=O)C(NC(=O)OC(C)(C)C)C(C)CC)cc1. The Morgan fingerprint density at radius 1 is 1.05 bits per heavy atom. The van der Waals surface area contributed by atoms with E-state index in [4.69, 9.17) is 11.2 Å². The molecule has 2 rings (SSSR count). The van der Waals surface area contributed by atoms with Crippen LogP contribution < -0.4 is 10.6 Å². The quantitative estimate of drug-likeness (QED) is 0.215. The highest BCUT2D eigenvalue weighted by molar-refractivity contribution is 5.92. The normalized spacial score (nSPS) is 16.2. The number of nitrogens with zero attached hydrogens (tertiary/aromatic N) is 1. The first kappa shape index (κ1) is 33.2. The summed E-state index contributed by atoms with van der Waals surface area (Å²) in [7, 11) is 0. The number of hydrogen-bond donors (Lipinski definition) is 2. The van der Waals surface area contributed by atoms with Crippen molar-refractivity contribution in [3.05, 3.63) is 35.4 Å². The minimum Gasteiger partial charge on any atom is -0.444 e. The van der Waals surface area contributed by atoms with E-state index >= 15 is 0 Å². The Morgan fingerprint density at radius 2 is 1.70 bits per heavy atom. The van der Waals surface area contributed by atoms with Gasteiger partial charge < -0.3 is 20.3 Å². The van der Waals surface area contributed by atoms with Crippen molar-refractivity contribution in [2.75, 3.05) is 6.54 Å². The van der Waals surface area contributed by atoms with Gasteiger partial charge in [-0.25, -0.2) is 4.79 Å². The van der Waals surface area contributed by atoms with Crippen molar-refractivity contribution in [3.8, 4) is 12.3 Å². The summed E-state index contributed by atoms with van der Waals surface area (Å²) >= 11 is 0. The fourth-order valence-electron chi connectivity index (χ4n) is 5.13. The van der Waals surface area contributed by atoms with Crippen molar-refractivity contribution in [1.29, 1.82) is 0 Å². The molecule has 1 aliphatic rings. The van der Waals surface area contributed by atoms with Crippen LogP contribution in [0.1, 0.15) is 123 Å². The van der Waals surface area contributed by atoms with E-state index in [0.29, 0.717) is 24.1 Å². The standard InChI is InChI=1S/C33H51N3O4/c1-8-11-12-16-23-36(31(38)28(24(4)9-2)35-32(39)40-33(5,6)7)29(26-21-19-25(10-3)20-22-26)30(37)34-27-17-14-13-15-18-27/h3,19-22,24,27-29H,8-9,11-18,23H2,1-2,4-7H3,(H,34,37)(H,35,39). The lowest BCUT2D eigenvalue weighted by molar-refractivity contribution is -0.144. The van der Waals surface area contributed by atoms with Crippen LogP contribution in [-0.4, -0.2) is 47.0 Å². The number of benzene rings is 1. The van der Waals surface area contributed by atoms with Crippen molar-refractivity contribution < 1.29 is 19.1 Å². The summed E-state index contributed by atoms with van der Waals surface area (Å²) in [5, 5.41) is 6.09. The molecule has 0 spiro atoms. The number of nitrogens with one attached hydrogen (secondary N) is 2. The molecule has 0 aromatic heterocycles. The summed E-state index contributed by atoms with van der Waals surface area (Å²) in [6.07, 6.45) is 14.7. The van der Waals surface area contributed by atoms with E-state index in [1.165, 1.54) is 6.42 Å². The summed E-state index contributed by atoms with van der Waals surface area (Å²) in [6.45, 7) is 11.8. The Kier molecular flexibility index (Phi) is 13.5. The van der Waals surface area contributed by atoms with Crippen LogP contribution in [0.25, 0.3) is 0 Å². The second kappa shape index (κ2) is 16.3. The molecule has 0 radical (unpaired) electrons. The molecule has 3 atom stereocenters. The Labute approximate surface area is 242 Å². The largest absolute Gasteiger partial charge is 0.444 e. The van der Waals surface area contributed by atoms with Crippen LogP contribution >= 0.6 is 0 Å². The molecule has 0 bridgehead atoms. The van der Waals surface area contributed by atoms with Crippen LogP contribution in [0.15, 0.2) is 24.3 Å². The minimum absolute atomic E-state index is 0.0935. The number of carbonyl (C=O) groups is 3. The second-order valence-corrected chi connectivity index (χ2v) is 12.1. The second-order valence-electron chi connectivity index (χ2n) is 12.1. The van der Waals surface area contributed by atoms with Gasteiger partial charge in [-0.15, -0.1) is 6.42 Å². The third kappa shape index (κ3) is 10.5. The molecular formula is C33H51N3O4. The number of terminal acetylenes is 1. The van der Waals surface area contributed by atoms with Crippen molar-refractivity contribution in [2.45, 2.75) is 129 Å². The molecule has 0 aliphatic heterocycles. The maximum Gasteiger partial charge on any atom is 0.408 e. The van der Waals surface area contributed by atoms with Gasteiger partial charge in [-0.05, 0) is 63.6 Å². The number of unbranched alkanes of at least 4 members (excludes halogenated alkanes) is 3. The van der Waals surface area contributed by atoms with Gasteiger partial charge in [0.2, 0.25) is 11.8 Å². The topological polar surface area (TPSA) is 87.7 Å². The molecule has 3 unspecified atom stereocenters. The number of ether oxygens (including phenoxy) is 1. The van der Waals surface area contributed by atoms with E-state index in [9.17, 15) is 14.4 Å². The van der Waals surface area contributed by atoms with Crippen molar-refractivity contribution in [1.82, 2.24) is 15.5 Å². The van der Waals surface area contributed by atoms with Crippen LogP contribution in [0, 0.1) is 18.3 Å². The average Bonchev–Trinajstić information content (AvgIpc) is 2.92. The van der Waals surface area contributed by atoms with E-state index in [0.717, 1.165) is 51.4 Å². The molecule has 1 fully saturated rings. The predicted octanol–water partition coefficient (Wildman–Crippen LogP) is 6.51. The highest BCUT2D eigenvalue weighted by Crippen LogP contribution is 2.27. The van der Waals surface area contributed by atoms with Gasteiger partial charge in [0.25, 0.3) is 0 Å². The highest BCUT2D eigenvalue weighted by atomic mass is 16.6. The summed E-state index contributed by atoms with van der Waals surface area (Å²) in [4.78, 5) is 42.9. The van der Waals surface area contributed by atoms with E-state index in [2.05, 4.69) is 23.5 Å². The molecule has 7 heteroatoms. The number of carbonyl (C=O) groups excluding carboxylic acids is 3. The first-order valence-electron chi connectivity index (χ1n) is 15.2. The summed E-state index contributed by atoms with van der Waals surface area (Å²) in [5.74, 6) is 2.00. The first-order chi connectivity index (χ1) is 19.0. The number of alkyl carbamates (subject to hydrolysis) is 1. The lowest BCUT2D eigenvalue weighted by Gasteiger charge is -2.37. The van der Waals surface area contributed by atoms with Gasteiger partial charge in [0.1, 0.15) is 17.7 Å². The van der Waals surface area contributed by atoms with Gasteiger partial charge in [0.05, 0.1) is 0 Å². The Balaban J connectivity index is 2.50. The van der Waals surface area contributed by atoms with Crippen LogP contribution in [0.3, 0.4) is 0 Å². The monoisotopic (exact) mass is 553 g/mol. The molecule has 7 nitrogen and oxygen atoms in total. The smallest absolute Gasteiger partial charge is 0.408 e. The Hall–Kier alpha value is -3.01. The van der Waals surface area contributed by atoms with Crippen LogP contribution in [0.2, 0.25) is 0 Å². The zero-order chi connectivity index (χ0) is 29.7. The number of rotatable bonds is 13. The van der Waals surface area contributed by atoms with E-state index in [1.807, 2.05) is 26.0 Å². The molecule has 2 N–H and O–H groups in total. The van der Waals surface area contributed by atoms with Crippen molar-refractivity contribution >= 4 is 17.9 Å². The van der Waals surface area contributed by atoms with Crippen LogP contribution in [0.4, 0.5) is 4.79 Å². The minimum atomic E-state index is -0.838. The van der Waals surface area contributed by atoms with Crippen molar-refractivity contribution in [3.63, 3.8) is 0 Å². The Bertz CT molecular complexity index is 986.